The third kappa shape index (κ3) is 2.38. The van der Waals surface area contributed by atoms with Crippen LogP contribution in [0.5, 0.6) is 0 Å². The Morgan fingerprint density at radius 1 is 1.39 bits per heavy atom. The second-order valence-corrected chi connectivity index (χ2v) is 5.84. The maximum Gasteiger partial charge on any atom is 0.246 e. The molecule has 3 atom stereocenters. The van der Waals surface area contributed by atoms with Crippen molar-refractivity contribution < 1.29 is 9.59 Å². The Hall–Kier alpha value is -1.06. The van der Waals surface area contributed by atoms with Crippen LogP contribution in [0.1, 0.15) is 46.5 Å². The van der Waals surface area contributed by atoms with Gasteiger partial charge in [0.2, 0.25) is 11.8 Å². The smallest absolute Gasteiger partial charge is 0.246 e. The van der Waals surface area contributed by atoms with Crippen LogP contribution in [0.15, 0.2) is 0 Å². The lowest BCUT2D eigenvalue weighted by molar-refractivity contribution is -0.151. The highest BCUT2D eigenvalue weighted by atomic mass is 16.2. The molecule has 1 saturated carbocycles. The molecule has 0 aromatic rings. The quantitative estimate of drug-likeness (QED) is 0.825. The number of nitrogens with one attached hydrogen (secondary N) is 1. The van der Waals surface area contributed by atoms with Gasteiger partial charge in [-0.1, -0.05) is 26.7 Å². The molecular formula is C14H24N2O2. The monoisotopic (exact) mass is 252 g/mol. The molecule has 2 aliphatic rings. The first-order valence-electron chi connectivity index (χ1n) is 7.15. The minimum atomic E-state index is -0.321. The molecule has 1 heterocycles. The lowest BCUT2D eigenvalue weighted by atomic mass is 9.84. The molecule has 2 amide bonds. The van der Waals surface area contributed by atoms with Gasteiger partial charge in [-0.25, -0.2) is 0 Å². The normalized spacial score (nSPS) is 30.9. The van der Waals surface area contributed by atoms with Crippen molar-refractivity contribution in [2.45, 2.75) is 58.5 Å². The molecule has 2 fully saturated rings. The Bertz CT molecular complexity index is 339. The summed E-state index contributed by atoms with van der Waals surface area (Å²) in [7, 11) is 0. The Morgan fingerprint density at radius 2 is 2.06 bits per heavy atom. The van der Waals surface area contributed by atoms with Crippen LogP contribution >= 0.6 is 0 Å². The molecule has 2 rings (SSSR count). The molecule has 3 unspecified atom stereocenters. The lowest BCUT2D eigenvalue weighted by Crippen LogP contribution is -2.64. The van der Waals surface area contributed by atoms with E-state index < -0.39 is 0 Å². The standard InChI is InChI=1S/C14H24N2O2/c1-4-9(2)12-14(18)16(8-11-6-5-7-11)10(3)13(17)15-12/h9-12H,4-8H2,1-3H3,(H,15,17). The van der Waals surface area contributed by atoms with Gasteiger partial charge >= 0.3 is 0 Å². The van der Waals surface area contributed by atoms with Crippen LogP contribution in [0.25, 0.3) is 0 Å². The molecule has 0 spiro atoms. The Morgan fingerprint density at radius 3 is 2.56 bits per heavy atom. The van der Waals surface area contributed by atoms with Crippen molar-refractivity contribution in [2.24, 2.45) is 11.8 Å². The number of carbonyl (C=O) groups is 2. The third-order valence-electron chi connectivity index (χ3n) is 4.59. The largest absolute Gasteiger partial charge is 0.342 e. The van der Waals surface area contributed by atoms with E-state index >= 15 is 0 Å². The fourth-order valence-electron chi connectivity index (χ4n) is 2.67. The molecule has 1 aliphatic heterocycles. The number of amides is 2. The van der Waals surface area contributed by atoms with Gasteiger partial charge in [-0.3, -0.25) is 9.59 Å². The van der Waals surface area contributed by atoms with E-state index in [1.807, 2.05) is 13.8 Å². The average molecular weight is 252 g/mol. The summed E-state index contributed by atoms with van der Waals surface area (Å²) in [6, 6.07) is -0.628. The Kier molecular flexibility index (Phi) is 3.93. The highest BCUT2D eigenvalue weighted by Crippen LogP contribution is 2.29. The number of carbonyl (C=O) groups excluding carboxylic acids is 2. The molecule has 1 aliphatic carbocycles. The predicted octanol–water partition coefficient (Wildman–Crippen LogP) is 1.55. The maximum absolute atomic E-state index is 12.5. The van der Waals surface area contributed by atoms with E-state index in [4.69, 9.17) is 0 Å². The van der Waals surface area contributed by atoms with Gasteiger partial charge in [0, 0.05) is 6.54 Å². The molecular weight excluding hydrogens is 228 g/mol. The summed E-state index contributed by atoms with van der Waals surface area (Å²) in [5.41, 5.74) is 0. The molecule has 4 nitrogen and oxygen atoms in total. The predicted molar refractivity (Wildman–Crippen MR) is 69.9 cm³/mol. The van der Waals surface area contributed by atoms with Crippen LogP contribution in [0.2, 0.25) is 0 Å². The average Bonchev–Trinajstić information content (AvgIpc) is 2.30. The third-order valence-corrected chi connectivity index (χ3v) is 4.59. The van der Waals surface area contributed by atoms with E-state index in [0.717, 1.165) is 13.0 Å². The van der Waals surface area contributed by atoms with E-state index in [0.29, 0.717) is 5.92 Å². The summed E-state index contributed by atoms with van der Waals surface area (Å²) in [5.74, 6) is 0.931. The zero-order chi connectivity index (χ0) is 13.3. The number of nitrogens with zero attached hydrogens (tertiary/aromatic N) is 1. The molecule has 102 valence electrons. The van der Waals surface area contributed by atoms with Crippen molar-refractivity contribution in [1.82, 2.24) is 10.2 Å². The Labute approximate surface area is 109 Å². The first-order chi connectivity index (χ1) is 8.54. The topological polar surface area (TPSA) is 49.4 Å². The summed E-state index contributed by atoms with van der Waals surface area (Å²) in [4.78, 5) is 26.2. The highest BCUT2D eigenvalue weighted by Gasteiger charge is 2.41. The van der Waals surface area contributed by atoms with Gasteiger partial charge in [0.15, 0.2) is 0 Å². The van der Waals surface area contributed by atoms with Crippen molar-refractivity contribution in [3.63, 3.8) is 0 Å². The first kappa shape index (κ1) is 13.4. The van der Waals surface area contributed by atoms with Crippen molar-refractivity contribution >= 4 is 11.8 Å². The van der Waals surface area contributed by atoms with Crippen LogP contribution in [0, 0.1) is 11.8 Å². The van der Waals surface area contributed by atoms with Gasteiger partial charge in [-0.15, -0.1) is 0 Å². The van der Waals surface area contributed by atoms with Gasteiger partial charge in [-0.05, 0) is 31.6 Å². The summed E-state index contributed by atoms with van der Waals surface area (Å²) < 4.78 is 0. The van der Waals surface area contributed by atoms with Gasteiger partial charge in [0.05, 0.1) is 0 Å². The number of hydrogen-bond donors (Lipinski definition) is 1. The minimum absolute atomic E-state index is 0.000719. The summed E-state index contributed by atoms with van der Waals surface area (Å²) >= 11 is 0. The van der Waals surface area contributed by atoms with Crippen LogP contribution < -0.4 is 5.32 Å². The van der Waals surface area contributed by atoms with Gasteiger partial charge in [-0.2, -0.15) is 0 Å². The number of piperazine rings is 1. The zero-order valence-corrected chi connectivity index (χ0v) is 11.6. The maximum atomic E-state index is 12.5. The van der Waals surface area contributed by atoms with Crippen LogP contribution in [-0.2, 0) is 9.59 Å². The van der Waals surface area contributed by atoms with E-state index in [1.54, 1.807) is 4.90 Å². The van der Waals surface area contributed by atoms with Crippen LogP contribution in [-0.4, -0.2) is 35.3 Å². The minimum Gasteiger partial charge on any atom is -0.342 e. The first-order valence-corrected chi connectivity index (χ1v) is 7.15. The van der Waals surface area contributed by atoms with E-state index in [9.17, 15) is 9.59 Å². The van der Waals surface area contributed by atoms with Crippen LogP contribution in [0.4, 0.5) is 0 Å². The molecule has 1 N–H and O–H groups in total. The van der Waals surface area contributed by atoms with E-state index in [2.05, 4.69) is 12.2 Å². The van der Waals surface area contributed by atoms with Gasteiger partial charge in [0.1, 0.15) is 12.1 Å². The Balaban J connectivity index is 2.08. The molecule has 18 heavy (non-hydrogen) atoms. The molecule has 1 saturated heterocycles. The van der Waals surface area contributed by atoms with Gasteiger partial charge in [0.25, 0.3) is 0 Å². The molecule has 0 aromatic heterocycles. The lowest BCUT2D eigenvalue weighted by Gasteiger charge is -2.42. The van der Waals surface area contributed by atoms with Crippen molar-refractivity contribution in [1.29, 1.82) is 0 Å². The fraction of sp³-hybridized carbons (Fsp3) is 0.857. The van der Waals surface area contributed by atoms with Gasteiger partial charge < -0.3 is 10.2 Å². The van der Waals surface area contributed by atoms with Crippen molar-refractivity contribution in [3.8, 4) is 0 Å². The van der Waals surface area contributed by atoms with Crippen molar-refractivity contribution in [3.05, 3.63) is 0 Å². The molecule has 0 bridgehead atoms. The summed E-state index contributed by atoms with van der Waals surface area (Å²) in [5, 5.41) is 2.88. The summed E-state index contributed by atoms with van der Waals surface area (Å²) in [6.45, 7) is 6.68. The molecule has 4 heteroatoms. The van der Waals surface area contributed by atoms with Crippen molar-refractivity contribution in [2.75, 3.05) is 6.54 Å². The second-order valence-electron chi connectivity index (χ2n) is 5.84. The number of hydrogen-bond acceptors (Lipinski definition) is 2. The van der Waals surface area contributed by atoms with E-state index in [-0.39, 0.29) is 29.8 Å². The zero-order valence-electron chi connectivity index (χ0n) is 11.6. The SMILES string of the molecule is CCC(C)C1NC(=O)C(C)N(CC2CCC2)C1=O. The van der Waals surface area contributed by atoms with Crippen LogP contribution in [0.3, 0.4) is 0 Å². The number of rotatable bonds is 4. The second kappa shape index (κ2) is 5.29. The fourth-order valence-corrected chi connectivity index (χ4v) is 2.67. The molecule has 0 aromatic carbocycles. The highest BCUT2D eigenvalue weighted by molar-refractivity contribution is 5.96. The van der Waals surface area contributed by atoms with E-state index in [1.165, 1.54) is 19.3 Å². The summed E-state index contributed by atoms with van der Waals surface area (Å²) in [6.07, 6.45) is 4.57. The molecule has 0 radical (unpaired) electrons.